The lowest BCUT2D eigenvalue weighted by Gasteiger charge is -2.06. The molecular formula is C17H14BrIN2O. The number of aromatic nitrogens is 1. The van der Waals surface area contributed by atoms with Crippen molar-refractivity contribution >= 4 is 55.3 Å². The lowest BCUT2D eigenvalue weighted by Crippen LogP contribution is -2.26. The highest BCUT2D eigenvalue weighted by atomic mass is 127. The molecule has 3 aromatic rings. The Bertz CT molecular complexity index is 828. The molecule has 0 unspecified atom stereocenters. The second-order valence-corrected chi connectivity index (χ2v) is 7.07. The Morgan fingerprint density at radius 1 is 1.23 bits per heavy atom. The summed E-state index contributed by atoms with van der Waals surface area (Å²) in [4.78, 5) is 15.4. The third-order valence-corrected chi connectivity index (χ3v) is 4.96. The molecule has 0 saturated heterocycles. The lowest BCUT2D eigenvalue weighted by molar-refractivity contribution is 0.0953. The van der Waals surface area contributed by atoms with E-state index in [1.807, 2.05) is 42.6 Å². The number of hydrogen-bond acceptors (Lipinski definition) is 1. The van der Waals surface area contributed by atoms with E-state index in [0.29, 0.717) is 6.54 Å². The van der Waals surface area contributed by atoms with Gasteiger partial charge in [-0.25, -0.2) is 0 Å². The molecule has 0 saturated carbocycles. The topological polar surface area (TPSA) is 44.9 Å². The lowest BCUT2D eigenvalue weighted by atomic mass is 10.1. The first kappa shape index (κ1) is 15.6. The monoisotopic (exact) mass is 468 g/mol. The van der Waals surface area contributed by atoms with E-state index in [9.17, 15) is 4.79 Å². The van der Waals surface area contributed by atoms with Crippen LogP contribution in [-0.2, 0) is 6.42 Å². The average Bonchev–Trinajstić information content (AvgIpc) is 2.90. The number of carbonyl (C=O) groups is 1. The Hall–Kier alpha value is -1.34. The summed E-state index contributed by atoms with van der Waals surface area (Å²) in [6.45, 7) is 0.614. The van der Waals surface area contributed by atoms with E-state index < -0.39 is 0 Å². The highest BCUT2D eigenvalue weighted by Crippen LogP contribution is 2.22. The molecule has 0 aliphatic heterocycles. The van der Waals surface area contributed by atoms with E-state index in [2.05, 4.69) is 54.9 Å². The Morgan fingerprint density at radius 3 is 2.86 bits per heavy atom. The van der Waals surface area contributed by atoms with Gasteiger partial charge in [0, 0.05) is 31.7 Å². The molecule has 3 rings (SSSR count). The number of nitrogens with one attached hydrogen (secondary N) is 2. The first-order valence-corrected chi connectivity index (χ1v) is 8.80. The van der Waals surface area contributed by atoms with Crippen LogP contribution < -0.4 is 5.32 Å². The van der Waals surface area contributed by atoms with Crippen LogP contribution in [0.1, 0.15) is 15.9 Å². The van der Waals surface area contributed by atoms with E-state index in [4.69, 9.17) is 0 Å². The molecule has 0 bridgehead atoms. The summed E-state index contributed by atoms with van der Waals surface area (Å²) in [6, 6.07) is 13.8. The Kier molecular flexibility index (Phi) is 4.83. The molecule has 2 aromatic carbocycles. The van der Waals surface area contributed by atoms with Gasteiger partial charge in [-0.2, -0.15) is 0 Å². The normalized spacial score (nSPS) is 10.8. The van der Waals surface area contributed by atoms with Gasteiger partial charge >= 0.3 is 0 Å². The smallest absolute Gasteiger partial charge is 0.252 e. The van der Waals surface area contributed by atoms with E-state index in [1.165, 1.54) is 10.9 Å². The molecule has 0 aliphatic carbocycles. The van der Waals surface area contributed by atoms with Gasteiger partial charge in [-0.05, 0) is 64.9 Å². The Morgan fingerprint density at radius 2 is 2.05 bits per heavy atom. The van der Waals surface area contributed by atoms with Crippen LogP contribution in [-0.4, -0.2) is 17.4 Å². The zero-order valence-electron chi connectivity index (χ0n) is 11.7. The van der Waals surface area contributed by atoms with Gasteiger partial charge in [0.15, 0.2) is 0 Å². The Balaban J connectivity index is 1.66. The van der Waals surface area contributed by atoms with Gasteiger partial charge in [-0.3, -0.25) is 4.79 Å². The molecule has 5 heteroatoms. The summed E-state index contributed by atoms with van der Waals surface area (Å²) < 4.78 is 2.03. The minimum absolute atomic E-state index is 0.0222. The van der Waals surface area contributed by atoms with Crippen LogP contribution >= 0.6 is 38.5 Å². The second kappa shape index (κ2) is 6.83. The molecule has 1 aromatic heterocycles. The molecule has 0 spiro atoms. The van der Waals surface area contributed by atoms with Crippen molar-refractivity contribution in [1.29, 1.82) is 0 Å². The molecule has 22 heavy (non-hydrogen) atoms. The van der Waals surface area contributed by atoms with Gasteiger partial charge in [0.1, 0.15) is 0 Å². The SMILES string of the molecule is O=C(NCCc1c[nH]c2ccc(Br)cc12)c1ccccc1I. The number of carbonyl (C=O) groups excluding carboxylic acids is 1. The Labute approximate surface area is 150 Å². The van der Waals surface area contributed by atoms with E-state index >= 15 is 0 Å². The van der Waals surface area contributed by atoms with E-state index in [0.717, 1.165) is 25.5 Å². The predicted octanol–water partition coefficient (Wildman–Crippen LogP) is 4.51. The minimum Gasteiger partial charge on any atom is -0.361 e. The fraction of sp³-hybridized carbons (Fsp3) is 0.118. The zero-order chi connectivity index (χ0) is 15.5. The van der Waals surface area contributed by atoms with Crippen molar-refractivity contribution < 1.29 is 4.79 Å². The van der Waals surface area contributed by atoms with Crippen molar-refractivity contribution in [1.82, 2.24) is 10.3 Å². The molecular weight excluding hydrogens is 455 g/mol. The summed E-state index contributed by atoms with van der Waals surface area (Å²) in [7, 11) is 0. The van der Waals surface area contributed by atoms with Crippen LogP contribution in [0.3, 0.4) is 0 Å². The molecule has 0 atom stereocenters. The molecule has 1 amide bonds. The van der Waals surface area contributed by atoms with Crippen molar-refractivity contribution in [3.8, 4) is 0 Å². The van der Waals surface area contributed by atoms with Crippen molar-refractivity contribution in [3.63, 3.8) is 0 Å². The van der Waals surface area contributed by atoms with Gasteiger partial charge in [0.25, 0.3) is 5.91 Å². The number of rotatable bonds is 4. The number of hydrogen-bond donors (Lipinski definition) is 2. The van der Waals surface area contributed by atoms with Crippen LogP contribution in [0.4, 0.5) is 0 Å². The molecule has 2 N–H and O–H groups in total. The van der Waals surface area contributed by atoms with Crippen LogP contribution in [0.2, 0.25) is 0 Å². The number of fused-ring (bicyclic) bond motifs is 1. The van der Waals surface area contributed by atoms with Gasteiger partial charge in [0.05, 0.1) is 5.56 Å². The van der Waals surface area contributed by atoms with Gasteiger partial charge in [0.2, 0.25) is 0 Å². The van der Waals surface area contributed by atoms with Crippen molar-refractivity contribution in [2.75, 3.05) is 6.54 Å². The summed E-state index contributed by atoms with van der Waals surface area (Å²) in [6.07, 6.45) is 2.81. The molecule has 3 nitrogen and oxygen atoms in total. The average molecular weight is 469 g/mol. The maximum atomic E-state index is 12.2. The number of benzene rings is 2. The first-order valence-electron chi connectivity index (χ1n) is 6.93. The molecule has 1 heterocycles. The largest absolute Gasteiger partial charge is 0.361 e. The summed E-state index contributed by atoms with van der Waals surface area (Å²) >= 11 is 5.68. The third kappa shape index (κ3) is 3.35. The predicted molar refractivity (Wildman–Crippen MR) is 101 cm³/mol. The highest BCUT2D eigenvalue weighted by molar-refractivity contribution is 14.1. The standard InChI is InChI=1S/C17H14BrIN2O/c18-12-5-6-16-14(9-12)11(10-21-16)7-8-20-17(22)13-3-1-2-4-15(13)19/h1-6,9-10,21H,7-8H2,(H,20,22). The van der Waals surface area contributed by atoms with Crippen molar-refractivity contribution in [3.05, 3.63) is 67.8 Å². The van der Waals surface area contributed by atoms with Crippen molar-refractivity contribution in [2.24, 2.45) is 0 Å². The first-order chi connectivity index (χ1) is 10.6. The van der Waals surface area contributed by atoms with Gasteiger partial charge in [-0.1, -0.05) is 28.1 Å². The fourth-order valence-corrected chi connectivity index (χ4v) is 3.40. The number of halogens is 2. The number of amides is 1. The summed E-state index contributed by atoms with van der Waals surface area (Å²) in [5.74, 6) is -0.0222. The molecule has 0 aliphatic rings. The summed E-state index contributed by atoms with van der Waals surface area (Å²) in [5.41, 5.74) is 3.05. The van der Waals surface area contributed by atoms with Crippen LogP contribution in [0.15, 0.2) is 53.1 Å². The quantitative estimate of drug-likeness (QED) is 0.544. The maximum Gasteiger partial charge on any atom is 0.252 e. The fourth-order valence-electron chi connectivity index (χ4n) is 2.41. The van der Waals surface area contributed by atoms with Crippen LogP contribution in [0.5, 0.6) is 0 Å². The van der Waals surface area contributed by atoms with Crippen LogP contribution in [0, 0.1) is 3.57 Å². The summed E-state index contributed by atoms with van der Waals surface area (Å²) in [5, 5.41) is 4.18. The highest BCUT2D eigenvalue weighted by Gasteiger charge is 2.09. The third-order valence-electron chi connectivity index (χ3n) is 3.53. The van der Waals surface area contributed by atoms with E-state index in [1.54, 1.807) is 0 Å². The number of H-pyrrole nitrogens is 1. The zero-order valence-corrected chi connectivity index (χ0v) is 15.4. The maximum absolute atomic E-state index is 12.2. The van der Waals surface area contributed by atoms with Crippen LogP contribution in [0.25, 0.3) is 10.9 Å². The molecule has 112 valence electrons. The number of aromatic amines is 1. The molecule has 0 radical (unpaired) electrons. The van der Waals surface area contributed by atoms with Crippen molar-refractivity contribution in [2.45, 2.75) is 6.42 Å². The van der Waals surface area contributed by atoms with Gasteiger partial charge < -0.3 is 10.3 Å². The molecule has 0 fully saturated rings. The van der Waals surface area contributed by atoms with E-state index in [-0.39, 0.29) is 5.91 Å². The minimum atomic E-state index is -0.0222. The second-order valence-electron chi connectivity index (χ2n) is 4.99. The van der Waals surface area contributed by atoms with Gasteiger partial charge in [-0.15, -0.1) is 0 Å².